The highest BCUT2D eigenvalue weighted by molar-refractivity contribution is 14.0. The lowest BCUT2D eigenvalue weighted by Crippen LogP contribution is -2.42. The Morgan fingerprint density at radius 3 is 2.73 bits per heavy atom. The molecule has 0 fully saturated rings. The number of rotatable bonds is 8. The summed E-state index contributed by atoms with van der Waals surface area (Å²) < 4.78 is 5.34. The summed E-state index contributed by atoms with van der Waals surface area (Å²) in [4.78, 5) is 6.69. The minimum absolute atomic E-state index is 0. The van der Waals surface area contributed by atoms with Crippen molar-refractivity contribution in [1.82, 2.24) is 10.6 Å². The summed E-state index contributed by atoms with van der Waals surface area (Å²) in [6, 6.07) is 8.66. The second-order valence-electron chi connectivity index (χ2n) is 6.28. The van der Waals surface area contributed by atoms with Gasteiger partial charge in [-0.3, -0.25) is 4.99 Å². The van der Waals surface area contributed by atoms with Crippen molar-refractivity contribution >= 4 is 35.6 Å². The Kier molecular flexibility index (Phi) is 11.4. The molecule has 5 nitrogen and oxygen atoms in total. The number of likely N-dealkylation sites (N-methyl/N-ethyl adjacent to an activating group) is 1. The SMILES string of the molecule is CCN(CCNC(=NC)NCCC1=CCOCC1)c1cccc(C)c1.I. The van der Waals surface area contributed by atoms with E-state index < -0.39 is 0 Å². The van der Waals surface area contributed by atoms with Gasteiger partial charge >= 0.3 is 0 Å². The van der Waals surface area contributed by atoms with E-state index in [4.69, 9.17) is 4.74 Å². The lowest BCUT2D eigenvalue weighted by molar-refractivity contribution is 0.153. The first kappa shape index (κ1) is 22.8. The van der Waals surface area contributed by atoms with E-state index in [2.05, 4.69) is 64.7 Å². The first-order valence-electron chi connectivity index (χ1n) is 9.24. The summed E-state index contributed by atoms with van der Waals surface area (Å²) >= 11 is 0. The van der Waals surface area contributed by atoms with Gasteiger partial charge in [-0.2, -0.15) is 0 Å². The van der Waals surface area contributed by atoms with Crippen LogP contribution in [0.4, 0.5) is 5.69 Å². The van der Waals surface area contributed by atoms with E-state index in [0.717, 1.165) is 58.2 Å². The quantitative estimate of drug-likeness (QED) is 0.264. The number of nitrogens with one attached hydrogen (secondary N) is 2. The molecular formula is C20H33IN4O. The maximum Gasteiger partial charge on any atom is 0.191 e. The summed E-state index contributed by atoms with van der Waals surface area (Å²) in [5.41, 5.74) is 4.05. The lowest BCUT2D eigenvalue weighted by atomic mass is 10.1. The van der Waals surface area contributed by atoms with Crippen molar-refractivity contribution in [2.45, 2.75) is 26.7 Å². The van der Waals surface area contributed by atoms with Gasteiger partial charge in [0.15, 0.2) is 5.96 Å². The van der Waals surface area contributed by atoms with Crippen LogP contribution in [0, 0.1) is 6.92 Å². The maximum absolute atomic E-state index is 5.34. The van der Waals surface area contributed by atoms with Gasteiger partial charge in [-0.25, -0.2) is 0 Å². The van der Waals surface area contributed by atoms with Crippen molar-refractivity contribution in [3.63, 3.8) is 0 Å². The molecule has 6 heteroatoms. The highest BCUT2D eigenvalue weighted by Crippen LogP contribution is 2.15. The van der Waals surface area contributed by atoms with Crippen LogP contribution in [0.2, 0.25) is 0 Å². The number of ether oxygens (including phenoxy) is 1. The third-order valence-corrected chi connectivity index (χ3v) is 4.44. The van der Waals surface area contributed by atoms with Gasteiger partial charge < -0.3 is 20.3 Å². The van der Waals surface area contributed by atoms with E-state index in [1.54, 1.807) is 0 Å². The normalized spacial score (nSPS) is 14.3. The Morgan fingerprint density at radius 1 is 1.27 bits per heavy atom. The molecule has 1 aliphatic heterocycles. The Bertz CT molecular complexity index is 589. The van der Waals surface area contributed by atoms with Crippen LogP contribution in [-0.4, -0.2) is 52.4 Å². The topological polar surface area (TPSA) is 48.9 Å². The van der Waals surface area contributed by atoms with Gasteiger partial charge in [0.05, 0.1) is 13.2 Å². The van der Waals surface area contributed by atoms with Crippen molar-refractivity contribution in [2.24, 2.45) is 4.99 Å². The van der Waals surface area contributed by atoms with Gasteiger partial charge in [0.1, 0.15) is 0 Å². The fourth-order valence-electron chi connectivity index (χ4n) is 2.96. The van der Waals surface area contributed by atoms with E-state index in [0.29, 0.717) is 0 Å². The van der Waals surface area contributed by atoms with Crippen LogP contribution in [0.1, 0.15) is 25.3 Å². The Balaban J connectivity index is 0.00000338. The number of nitrogens with zero attached hydrogens (tertiary/aromatic N) is 2. The molecule has 146 valence electrons. The van der Waals surface area contributed by atoms with Crippen LogP contribution in [0.5, 0.6) is 0 Å². The second-order valence-corrected chi connectivity index (χ2v) is 6.28. The molecule has 26 heavy (non-hydrogen) atoms. The number of benzene rings is 1. The molecule has 0 saturated heterocycles. The van der Waals surface area contributed by atoms with Crippen molar-refractivity contribution in [1.29, 1.82) is 0 Å². The first-order valence-corrected chi connectivity index (χ1v) is 9.24. The number of guanidine groups is 1. The predicted molar refractivity (Wildman–Crippen MR) is 122 cm³/mol. The minimum atomic E-state index is 0. The third-order valence-electron chi connectivity index (χ3n) is 4.44. The fraction of sp³-hybridized carbons (Fsp3) is 0.550. The predicted octanol–water partition coefficient (Wildman–Crippen LogP) is 3.34. The number of aliphatic imine (C=N–C) groups is 1. The van der Waals surface area contributed by atoms with Crippen LogP contribution in [0.15, 0.2) is 40.9 Å². The molecule has 1 aromatic rings. The molecule has 2 N–H and O–H groups in total. The standard InChI is InChI=1S/C20H32N4O.HI/c1-4-24(19-7-5-6-17(2)16-19)13-12-23-20(21-3)22-11-8-18-9-14-25-15-10-18;/h5-7,9,16H,4,8,10-15H2,1-3H3,(H2,21,22,23);1H. The number of aryl methyl sites for hydroxylation is 1. The molecule has 0 saturated carbocycles. The molecule has 1 aromatic carbocycles. The van der Waals surface area contributed by atoms with Crippen LogP contribution in [-0.2, 0) is 4.74 Å². The highest BCUT2D eigenvalue weighted by Gasteiger charge is 2.06. The first-order chi connectivity index (χ1) is 12.2. The van der Waals surface area contributed by atoms with E-state index in [1.807, 2.05) is 7.05 Å². The average molecular weight is 472 g/mol. The third kappa shape index (κ3) is 7.95. The molecule has 0 radical (unpaired) electrons. The lowest BCUT2D eigenvalue weighted by Gasteiger charge is -2.24. The summed E-state index contributed by atoms with van der Waals surface area (Å²) in [6.45, 7) is 9.64. The molecule has 1 aliphatic rings. The summed E-state index contributed by atoms with van der Waals surface area (Å²) in [6.07, 6.45) is 4.30. The zero-order valence-electron chi connectivity index (χ0n) is 16.3. The van der Waals surface area contributed by atoms with Crippen LogP contribution < -0.4 is 15.5 Å². The van der Waals surface area contributed by atoms with E-state index >= 15 is 0 Å². The zero-order chi connectivity index (χ0) is 17.9. The summed E-state index contributed by atoms with van der Waals surface area (Å²) in [5.74, 6) is 0.868. The van der Waals surface area contributed by atoms with E-state index in [1.165, 1.54) is 16.8 Å². The van der Waals surface area contributed by atoms with Crippen LogP contribution in [0.3, 0.4) is 0 Å². The number of halogens is 1. The molecule has 0 aliphatic carbocycles. The maximum atomic E-state index is 5.34. The van der Waals surface area contributed by atoms with Gasteiger partial charge in [-0.1, -0.05) is 23.8 Å². The molecule has 0 bridgehead atoms. The van der Waals surface area contributed by atoms with Crippen molar-refractivity contribution in [2.75, 3.05) is 51.3 Å². The number of hydrogen-bond acceptors (Lipinski definition) is 3. The minimum Gasteiger partial charge on any atom is -0.377 e. The Hall–Kier alpha value is -1.28. The Morgan fingerprint density at radius 2 is 2.08 bits per heavy atom. The van der Waals surface area contributed by atoms with Gasteiger partial charge in [-0.15, -0.1) is 24.0 Å². The van der Waals surface area contributed by atoms with Gasteiger partial charge in [0.25, 0.3) is 0 Å². The van der Waals surface area contributed by atoms with Crippen molar-refractivity contribution in [3.8, 4) is 0 Å². The molecule has 1 heterocycles. The molecule has 0 spiro atoms. The van der Waals surface area contributed by atoms with E-state index in [9.17, 15) is 0 Å². The van der Waals surface area contributed by atoms with Crippen molar-refractivity contribution < 1.29 is 4.74 Å². The van der Waals surface area contributed by atoms with Gasteiger partial charge in [0.2, 0.25) is 0 Å². The smallest absolute Gasteiger partial charge is 0.191 e. The molecule has 0 aromatic heterocycles. The fourth-order valence-corrected chi connectivity index (χ4v) is 2.96. The monoisotopic (exact) mass is 472 g/mol. The molecule has 0 amide bonds. The average Bonchev–Trinajstić information content (AvgIpc) is 2.64. The van der Waals surface area contributed by atoms with E-state index in [-0.39, 0.29) is 24.0 Å². The molecule has 0 atom stereocenters. The number of hydrogen-bond donors (Lipinski definition) is 2. The van der Waals surface area contributed by atoms with Gasteiger partial charge in [-0.05, 0) is 44.4 Å². The summed E-state index contributed by atoms with van der Waals surface area (Å²) in [7, 11) is 1.82. The van der Waals surface area contributed by atoms with Crippen LogP contribution >= 0.6 is 24.0 Å². The van der Waals surface area contributed by atoms with Gasteiger partial charge in [0, 0.05) is 38.9 Å². The molecule has 2 rings (SSSR count). The van der Waals surface area contributed by atoms with Crippen molar-refractivity contribution in [3.05, 3.63) is 41.5 Å². The Labute approximate surface area is 175 Å². The number of anilines is 1. The second kappa shape index (κ2) is 13.0. The van der Waals surface area contributed by atoms with Crippen LogP contribution in [0.25, 0.3) is 0 Å². The molecular weight excluding hydrogens is 439 g/mol. The highest BCUT2D eigenvalue weighted by atomic mass is 127. The molecule has 0 unspecified atom stereocenters. The summed E-state index contributed by atoms with van der Waals surface area (Å²) in [5, 5.41) is 6.81. The zero-order valence-corrected chi connectivity index (χ0v) is 18.6. The largest absolute Gasteiger partial charge is 0.377 e.